The molecular weight excluding hydrogens is 384 g/mol. The molecule has 5 aliphatic rings. The van der Waals surface area contributed by atoms with E-state index in [0.717, 1.165) is 37.5 Å². The number of rotatable bonds is 5. The van der Waals surface area contributed by atoms with Crippen LogP contribution in [-0.4, -0.2) is 34.1 Å². The van der Waals surface area contributed by atoms with Gasteiger partial charge in [0, 0.05) is 11.8 Å². The lowest BCUT2D eigenvalue weighted by Gasteiger charge is -2.60. The van der Waals surface area contributed by atoms with Crippen LogP contribution in [-0.2, 0) is 4.74 Å². The average molecular weight is 431 g/mol. The van der Waals surface area contributed by atoms with Gasteiger partial charge in [0.25, 0.3) is 0 Å². The van der Waals surface area contributed by atoms with Crippen LogP contribution in [0.3, 0.4) is 0 Å². The topological polar surface area (TPSA) is 53.0 Å². The molecule has 5 fully saturated rings. The highest BCUT2D eigenvalue weighted by atomic mass is 16.6. The first kappa shape index (κ1) is 22.4. The second-order valence-corrected chi connectivity index (χ2v) is 13.1. The molecule has 176 valence electrons. The van der Waals surface area contributed by atoms with Crippen LogP contribution in [0.1, 0.15) is 92.4 Å². The molecule has 4 aliphatic carbocycles. The van der Waals surface area contributed by atoms with Crippen LogP contribution >= 0.6 is 0 Å². The predicted molar refractivity (Wildman–Crippen MR) is 124 cm³/mol. The number of ether oxygens (including phenoxy) is 1. The molecule has 0 aromatic rings. The van der Waals surface area contributed by atoms with Crippen LogP contribution in [0.25, 0.3) is 0 Å². The van der Waals surface area contributed by atoms with Gasteiger partial charge in [-0.05, 0) is 92.3 Å². The molecule has 1 saturated heterocycles. The molecule has 1 spiro atoms. The maximum Gasteiger partial charge on any atom is 0.114 e. The van der Waals surface area contributed by atoms with Gasteiger partial charge >= 0.3 is 0 Å². The Morgan fingerprint density at radius 1 is 1.03 bits per heavy atom. The van der Waals surface area contributed by atoms with Gasteiger partial charge in [-0.2, -0.15) is 0 Å². The molecule has 2 N–H and O–H groups in total. The van der Waals surface area contributed by atoms with Crippen molar-refractivity contribution in [2.24, 2.45) is 46.3 Å². The van der Waals surface area contributed by atoms with Gasteiger partial charge in [0.05, 0.1) is 12.2 Å². The summed E-state index contributed by atoms with van der Waals surface area (Å²) in [6.45, 7) is 16.3. The molecule has 11 atom stereocenters. The molecule has 0 amide bonds. The van der Waals surface area contributed by atoms with E-state index in [1.165, 1.54) is 37.7 Å². The van der Waals surface area contributed by atoms with Crippen molar-refractivity contribution < 1.29 is 14.9 Å². The summed E-state index contributed by atoms with van der Waals surface area (Å²) in [4.78, 5) is 0. The zero-order chi connectivity index (χ0) is 22.3. The Balaban J connectivity index is 1.36. The third kappa shape index (κ3) is 3.01. The van der Waals surface area contributed by atoms with Crippen molar-refractivity contribution in [2.75, 3.05) is 0 Å². The molecule has 4 saturated carbocycles. The molecule has 5 rings (SSSR count). The van der Waals surface area contributed by atoms with Crippen LogP contribution in [0.2, 0.25) is 0 Å². The maximum absolute atomic E-state index is 11.6. The molecule has 0 aromatic heterocycles. The Morgan fingerprint density at radius 2 is 1.77 bits per heavy atom. The zero-order valence-corrected chi connectivity index (χ0v) is 20.6. The summed E-state index contributed by atoms with van der Waals surface area (Å²) in [6.07, 6.45) is 9.56. The van der Waals surface area contributed by atoms with E-state index in [0.29, 0.717) is 29.1 Å². The lowest BCUT2D eigenvalue weighted by molar-refractivity contribution is -0.151. The van der Waals surface area contributed by atoms with E-state index < -0.39 is 0 Å². The number of hydrogen-bond donors (Lipinski definition) is 2. The van der Waals surface area contributed by atoms with Crippen molar-refractivity contribution >= 4 is 0 Å². The van der Waals surface area contributed by atoms with E-state index in [9.17, 15) is 10.2 Å². The predicted octanol–water partition coefficient (Wildman–Crippen LogP) is 5.74. The SMILES string of the molecule is C=C(CCC(C)[C@H]1CCC2C3C(CC[C@@]21C)[C@@]1(C)CC[C@H](O)C[C@]12O[C@@H]2[C@@H]3O)C(C)C. The van der Waals surface area contributed by atoms with Crippen molar-refractivity contribution in [3.8, 4) is 0 Å². The molecule has 3 heteroatoms. The van der Waals surface area contributed by atoms with Crippen molar-refractivity contribution in [2.45, 2.75) is 116 Å². The number of aliphatic hydroxyl groups excluding tert-OH is 2. The highest BCUT2D eigenvalue weighted by Crippen LogP contribution is 2.74. The Kier molecular flexibility index (Phi) is 5.28. The molecule has 1 aliphatic heterocycles. The number of hydrogen-bond acceptors (Lipinski definition) is 3. The van der Waals surface area contributed by atoms with E-state index in [1.807, 2.05) is 0 Å². The minimum atomic E-state index is -0.345. The first-order chi connectivity index (χ1) is 14.5. The van der Waals surface area contributed by atoms with Gasteiger partial charge in [0.1, 0.15) is 11.7 Å². The van der Waals surface area contributed by atoms with E-state index in [-0.39, 0.29) is 29.3 Å². The second-order valence-electron chi connectivity index (χ2n) is 13.1. The number of allylic oxidation sites excluding steroid dienone is 1. The van der Waals surface area contributed by atoms with Gasteiger partial charge in [-0.1, -0.05) is 46.8 Å². The zero-order valence-electron chi connectivity index (χ0n) is 20.6. The lowest BCUT2D eigenvalue weighted by Crippen LogP contribution is -2.63. The second kappa shape index (κ2) is 7.31. The van der Waals surface area contributed by atoms with Crippen molar-refractivity contribution in [1.29, 1.82) is 0 Å². The Morgan fingerprint density at radius 3 is 2.48 bits per heavy atom. The van der Waals surface area contributed by atoms with E-state index in [4.69, 9.17) is 4.74 Å². The van der Waals surface area contributed by atoms with E-state index in [1.54, 1.807) is 0 Å². The molecule has 0 radical (unpaired) electrons. The van der Waals surface area contributed by atoms with Crippen LogP contribution < -0.4 is 0 Å². The average Bonchev–Trinajstić information content (AvgIpc) is 3.34. The first-order valence-corrected chi connectivity index (χ1v) is 13.3. The highest BCUT2D eigenvalue weighted by molar-refractivity contribution is 5.27. The summed E-state index contributed by atoms with van der Waals surface area (Å²) in [5.74, 6) is 3.61. The number of fused-ring (bicyclic) bond motifs is 4. The number of aliphatic hydroxyl groups is 2. The maximum atomic E-state index is 11.6. The summed E-state index contributed by atoms with van der Waals surface area (Å²) in [7, 11) is 0. The molecule has 0 bridgehead atoms. The molecular formula is C28H46O3. The third-order valence-electron chi connectivity index (χ3n) is 11.6. The van der Waals surface area contributed by atoms with E-state index in [2.05, 4.69) is 41.2 Å². The van der Waals surface area contributed by atoms with Gasteiger partial charge < -0.3 is 14.9 Å². The first-order valence-electron chi connectivity index (χ1n) is 13.3. The fourth-order valence-electron chi connectivity index (χ4n) is 9.52. The summed E-state index contributed by atoms with van der Waals surface area (Å²) in [5, 5.41) is 21.9. The monoisotopic (exact) mass is 430 g/mol. The molecule has 4 unspecified atom stereocenters. The Labute approximate surface area is 190 Å². The molecule has 0 aromatic carbocycles. The summed E-state index contributed by atoms with van der Waals surface area (Å²) >= 11 is 0. The molecule has 1 heterocycles. The van der Waals surface area contributed by atoms with Gasteiger partial charge in [-0.3, -0.25) is 0 Å². The standard InChI is InChI=1S/C28H46O3/c1-16(2)17(3)7-8-18(4)20-9-10-21-23-22(12-13-26(20,21)5)27(6)14-11-19(29)15-28(27)25(31-28)24(23)30/h16,18-25,29-30H,3,7-15H2,1-2,4-6H3/t18?,19-,20+,21?,22?,23?,24+,25+,26+,27+,28+/m0/s1. The summed E-state index contributed by atoms with van der Waals surface area (Å²) in [6, 6.07) is 0. The Bertz CT molecular complexity index is 732. The largest absolute Gasteiger partial charge is 0.393 e. The smallest absolute Gasteiger partial charge is 0.114 e. The van der Waals surface area contributed by atoms with Gasteiger partial charge in [0.15, 0.2) is 0 Å². The highest BCUT2D eigenvalue weighted by Gasteiger charge is 2.79. The van der Waals surface area contributed by atoms with Crippen molar-refractivity contribution in [3.05, 3.63) is 12.2 Å². The lowest BCUT2D eigenvalue weighted by atomic mass is 9.43. The summed E-state index contributed by atoms with van der Waals surface area (Å²) in [5.41, 5.74) is 1.62. The van der Waals surface area contributed by atoms with Gasteiger partial charge in [0.2, 0.25) is 0 Å². The fraction of sp³-hybridized carbons (Fsp3) is 0.929. The van der Waals surface area contributed by atoms with Crippen LogP contribution in [0, 0.1) is 46.3 Å². The quantitative estimate of drug-likeness (QED) is 0.432. The minimum absolute atomic E-state index is 0.0399. The fourth-order valence-corrected chi connectivity index (χ4v) is 9.52. The molecule has 3 nitrogen and oxygen atoms in total. The van der Waals surface area contributed by atoms with Crippen molar-refractivity contribution in [1.82, 2.24) is 0 Å². The van der Waals surface area contributed by atoms with Gasteiger partial charge in [-0.15, -0.1) is 0 Å². The third-order valence-corrected chi connectivity index (χ3v) is 11.6. The van der Waals surface area contributed by atoms with Crippen LogP contribution in [0.5, 0.6) is 0 Å². The Hall–Kier alpha value is -0.380. The minimum Gasteiger partial charge on any atom is -0.393 e. The summed E-state index contributed by atoms with van der Waals surface area (Å²) < 4.78 is 6.37. The van der Waals surface area contributed by atoms with Crippen LogP contribution in [0.4, 0.5) is 0 Å². The van der Waals surface area contributed by atoms with Crippen LogP contribution in [0.15, 0.2) is 12.2 Å². The normalized spacial score (nSPS) is 53.9. The molecule has 31 heavy (non-hydrogen) atoms. The van der Waals surface area contributed by atoms with Gasteiger partial charge in [-0.25, -0.2) is 0 Å². The number of epoxide rings is 1. The van der Waals surface area contributed by atoms with E-state index >= 15 is 0 Å². The van der Waals surface area contributed by atoms with Crippen molar-refractivity contribution in [3.63, 3.8) is 0 Å².